The van der Waals surface area contributed by atoms with Gasteiger partial charge in [0.1, 0.15) is 0 Å². The van der Waals surface area contributed by atoms with Gasteiger partial charge in [0.2, 0.25) is 0 Å². The van der Waals surface area contributed by atoms with Crippen molar-refractivity contribution in [2.45, 2.75) is 0 Å². The summed E-state index contributed by atoms with van der Waals surface area (Å²) in [6.45, 7) is 0. The Hall–Kier alpha value is -4.80. The number of rotatable bonds is 8. The van der Waals surface area contributed by atoms with Crippen molar-refractivity contribution in [1.29, 1.82) is 10.5 Å². The average molecular weight is 471 g/mol. The topological polar surface area (TPSA) is 54.1 Å². The molecule has 0 N–H and O–H groups in total. The van der Waals surface area contributed by atoms with Crippen LogP contribution < -0.4 is 9.80 Å². The maximum atomic E-state index is 9.64. The molecule has 0 saturated heterocycles. The molecular formula is C32H30N4. The second kappa shape index (κ2) is 12.6. The zero-order valence-electron chi connectivity index (χ0n) is 21.2. The lowest BCUT2D eigenvalue weighted by Gasteiger charge is -2.11. The largest absolute Gasteiger partial charge is 0.378 e. The molecule has 0 aliphatic rings. The number of anilines is 2. The second-order valence-electron chi connectivity index (χ2n) is 8.65. The molecule has 178 valence electrons. The Morgan fingerprint density at radius 2 is 0.889 bits per heavy atom. The third-order valence-corrected chi connectivity index (χ3v) is 5.67. The van der Waals surface area contributed by atoms with Gasteiger partial charge in [-0.1, -0.05) is 72.8 Å². The Morgan fingerprint density at radius 1 is 0.556 bits per heavy atom. The molecule has 0 atom stereocenters. The van der Waals surface area contributed by atoms with Crippen molar-refractivity contribution in [3.05, 3.63) is 119 Å². The van der Waals surface area contributed by atoms with E-state index in [1.165, 1.54) is 0 Å². The van der Waals surface area contributed by atoms with E-state index < -0.39 is 0 Å². The van der Waals surface area contributed by atoms with E-state index >= 15 is 0 Å². The first-order valence-corrected chi connectivity index (χ1v) is 11.6. The highest BCUT2D eigenvalue weighted by molar-refractivity contribution is 5.82. The minimum absolute atomic E-state index is 0.561. The van der Waals surface area contributed by atoms with E-state index in [0.717, 1.165) is 33.6 Å². The van der Waals surface area contributed by atoms with Gasteiger partial charge in [-0.2, -0.15) is 10.5 Å². The molecule has 36 heavy (non-hydrogen) atoms. The van der Waals surface area contributed by atoms with Crippen LogP contribution in [0.3, 0.4) is 0 Å². The molecule has 3 aromatic carbocycles. The summed E-state index contributed by atoms with van der Waals surface area (Å²) in [4.78, 5) is 4.11. The lowest BCUT2D eigenvalue weighted by molar-refractivity contribution is 1.13. The molecule has 0 saturated carbocycles. The van der Waals surface area contributed by atoms with E-state index in [2.05, 4.69) is 46.2 Å². The van der Waals surface area contributed by atoms with E-state index in [-0.39, 0.29) is 0 Å². The van der Waals surface area contributed by atoms with Gasteiger partial charge in [-0.15, -0.1) is 0 Å². The Labute approximate surface area is 214 Å². The van der Waals surface area contributed by atoms with Crippen LogP contribution in [0.2, 0.25) is 0 Å². The van der Waals surface area contributed by atoms with Crippen LogP contribution in [0.15, 0.2) is 97.1 Å². The zero-order valence-corrected chi connectivity index (χ0v) is 21.2. The first kappa shape index (κ1) is 25.8. The van der Waals surface area contributed by atoms with Gasteiger partial charge >= 0.3 is 0 Å². The summed E-state index contributed by atoms with van der Waals surface area (Å²) in [5, 5.41) is 19.3. The number of nitrogens with zero attached hydrogens (tertiary/aromatic N) is 4. The summed E-state index contributed by atoms with van der Waals surface area (Å²) in [6.07, 6.45) is 11.3. The van der Waals surface area contributed by atoms with Crippen LogP contribution >= 0.6 is 0 Å². The van der Waals surface area contributed by atoms with E-state index in [4.69, 9.17) is 0 Å². The number of allylic oxidation sites excluding steroid dienone is 6. The van der Waals surface area contributed by atoms with Crippen molar-refractivity contribution >= 4 is 34.7 Å². The summed E-state index contributed by atoms with van der Waals surface area (Å²) in [5.41, 5.74) is 7.15. The van der Waals surface area contributed by atoms with Gasteiger partial charge in [-0.3, -0.25) is 0 Å². The monoisotopic (exact) mass is 470 g/mol. The Kier molecular flexibility index (Phi) is 9.04. The van der Waals surface area contributed by atoms with Gasteiger partial charge in [0.15, 0.2) is 0 Å². The van der Waals surface area contributed by atoms with E-state index in [1.54, 1.807) is 12.2 Å². The zero-order chi connectivity index (χ0) is 25.9. The van der Waals surface area contributed by atoms with Crippen LogP contribution in [0.25, 0.3) is 23.3 Å². The van der Waals surface area contributed by atoms with Gasteiger partial charge in [0.25, 0.3) is 0 Å². The van der Waals surface area contributed by atoms with Crippen molar-refractivity contribution < 1.29 is 0 Å². The standard InChI is InChI=1S/C32H30N4/c1-35(2)31-19-11-25(12-20-31)7-5-9-29(23-33)27-15-17-28(18-16-27)30(24-34)10-6-8-26-13-21-32(22-14-26)36(3)4/h5-22H,1-4H3. The van der Waals surface area contributed by atoms with Crippen LogP contribution in [-0.4, -0.2) is 28.2 Å². The number of hydrogen-bond acceptors (Lipinski definition) is 4. The highest BCUT2D eigenvalue weighted by Gasteiger charge is 2.03. The first-order chi connectivity index (χ1) is 17.4. The van der Waals surface area contributed by atoms with Gasteiger partial charge in [-0.25, -0.2) is 0 Å². The molecular weight excluding hydrogens is 440 g/mol. The van der Waals surface area contributed by atoms with Gasteiger partial charge in [0, 0.05) is 39.6 Å². The average Bonchev–Trinajstić information content (AvgIpc) is 2.90. The Bertz CT molecular complexity index is 1250. The molecule has 0 fully saturated rings. The summed E-state index contributed by atoms with van der Waals surface area (Å²) in [7, 11) is 8.04. The quantitative estimate of drug-likeness (QED) is 0.261. The second-order valence-corrected chi connectivity index (χ2v) is 8.65. The molecule has 4 nitrogen and oxygen atoms in total. The van der Waals surface area contributed by atoms with Gasteiger partial charge < -0.3 is 9.80 Å². The Morgan fingerprint density at radius 3 is 1.17 bits per heavy atom. The third-order valence-electron chi connectivity index (χ3n) is 5.67. The highest BCUT2D eigenvalue weighted by atomic mass is 15.1. The molecule has 4 heteroatoms. The van der Waals surface area contributed by atoms with Crippen LogP contribution in [0.5, 0.6) is 0 Å². The Balaban J connectivity index is 1.70. The molecule has 0 radical (unpaired) electrons. The maximum Gasteiger partial charge on any atom is 0.0997 e. The molecule has 0 heterocycles. The fraction of sp³-hybridized carbons (Fsp3) is 0.125. The third kappa shape index (κ3) is 7.10. The van der Waals surface area contributed by atoms with Gasteiger partial charge in [-0.05, 0) is 58.7 Å². The summed E-state index contributed by atoms with van der Waals surface area (Å²) in [6, 6.07) is 28.4. The lowest BCUT2D eigenvalue weighted by Crippen LogP contribution is -2.07. The summed E-state index contributed by atoms with van der Waals surface area (Å²) >= 11 is 0. The molecule has 0 aliphatic carbocycles. The fourth-order valence-electron chi connectivity index (χ4n) is 3.50. The molecule has 0 spiro atoms. The van der Waals surface area contributed by atoms with E-state index in [1.807, 2.05) is 101 Å². The molecule has 3 rings (SSSR count). The first-order valence-electron chi connectivity index (χ1n) is 11.6. The molecule has 0 aliphatic heterocycles. The minimum atomic E-state index is 0.561. The number of nitriles is 2. The molecule has 0 aromatic heterocycles. The smallest absolute Gasteiger partial charge is 0.0997 e. The van der Waals surface area contributed by atoms with Crippen molar-refractivity contribution in [2.75, 3.05) is 38.0 Å². The van der Waals surface area contributed by atoms with Crippen molar-refractivity contribution in [3.8, 4) is 12.1 Å². The lowest BCUT2D eigenvalue weighted by atomic mass is 10.0. The SMILES string of the molecule is CN(C)c1ccc(C=CC=C(C#N)c2ccc(C(C#N)=CC=Cc3ccc(N(C)C)cc3)cc2)cc1. The molecule has 0 bridgehead atoms. The summed E-state index contributed by atoms with van der Waals surface area (Å²) < 4.78 is 0. The predicted molar refractivity (Wildman–Crippen MR) is 153 cm³/mol. The predicted octanol–water partition coefficient (Wildman–Crippen LogP) is 7.06. The van der Waals surface area contributed by atoms with E-state index in [9.17, 15) is 10.5 Å². The van der Waals surface area contributed by atoms with Crippen LogP contribution in [-0.2, 0) is 0 Å². The van der Waals surface area contributed by atoms with Crippen molar-refractivity contribution in [2.24, 2.45) is 0 Å². The summed E-state index contributed by atoms with van der Waals surface area (Å²) in [5.74, 6) is 0. The van der Waals surface area contributed by atoms with Crippen molar-refractivity contribution in [3.63, 3.8) is 0 Å². The number of benzene rings is 3. The van der Waals surface area contributed by atoms with Gasteiger partial charge in [0.05, 0.1) is 23.3 Å². The fourth-order valence-corrected chi connectivity index (χ4v) is 3.50. The minimum Gasteiger partial charge on any atom is -0.378 e. The normalized spacial score (nSPS) is 11.9. The van der Waals surface area contributed by atoms with Crippen LogP contribution in [0, 0.1) is 22.7 Å². The molecule has 0 amide bonds. The molecule has 3 aromatic rings. The van der Waals surface area contributed by atoms with Crippen LogP contribution in [0.4, 0.5) is 11.4 Å². The van der Waals surface area contributed by atoms with E-state index in [0.29, 0.717) is 11.1 Å². The molecule has 0 unspecified atom stereocenters. The van der Waals surface area contributed by atoms with Crippen molar-refractivity contribution in [1.82, 2.24) is 0 Å². The van der Waals surface area contributed by atoms with Crippen LogP contribution in [0.1, 0.15) is 22.3 Å². The number of hydrogen-bond donors (Lipinski definition) is 0. The highest BCUT2D eigenvalue weighted by Crippen LogP contribution is 2.20. The maximum absolute atomic E-state index is 9.64.